The first-order valence-corrected chi connectivity index (χ1v) is 13.2. The summed E-state index contributed by atoms with van der Waals surface area (Å²) in [5.74, 6) is -0.591. The first kappa shape index (κ1) is 26.8. The lowest BCUT2D eigenvalue weighted by Gasteiger charge is -2.37. The van der Waals surface area contributed by atoms with Gasteiger partial charge in [-0.1, -0.05) is 60.2 Å². The minimum absolute atomic E-state index is 0.0369. The lowest BCUT2D eigenvalue weighted by atomic mass is 9.94. The van der Waals surface area contributed by atoms with Gasteiger partial charge in [0, 0.05) is 42.9 Å². The van der Waals surface area contributed by atoms with E-state index in [0.29, 0.717) is 32.7 Å². The zero-order valence-corrected chi connectivity index (χ0v) is 21.4. The van der Waals surface area contributed by atoms with Crippen LogP contribution in [0.1, 0.15) is 37.7 Å². The zero-order chi connectivity index (χ0) is 25.3. The topological polar surface area (TPSA) is 79.2 Å². The van der Waals surface area contributed by atoms with Crippen LogP contribution in [0, 0.1) is 5.92 Å². The third-order valence-electron chi connectivity index (χ3n) is 7.18. The van der Waals surface area contributed by atoms with Crippen LogP contribution < -0.4 is 0 Å². The Labute approximate surface area is 218 Å². The molecule has 1 aliphatic carbocycles. The normalized spacial score (nSPS) is 24.9. The SMILES string of the molecule is O=C(O)CCCC=CC[C@@H]1[C@@H](N2CCOCC2)[C@H](O)C[C@@H]1OCc1ccc(-c2ccc(Cl)cc2)cc1. The van der Waals surface area contributed by atoms with Crippen molar-refractivity contribution in [3.8, 4) is 11.1 Å². The molecule has 2 aliphatic rings. The summed E-state index contributed by atoms with van der Waals surface area (Å²) < 4.78 is 11.9. The molecule has 7 heteroatoms. The first-order chi connectivity index (χ1) is 17.5. The Bertz CT molecular complexity index is 988. The number of carboxylic acids is 1. The fourth-order valence-electron chi connectivity index (χ4n) is 5.31. The minimum atomic E-state index is -0.760. The number of hydrogen-bond donors (Lipinski definition) is 2. The Hall–Kier alpha value is -2.22. The van der Waals surface area contributed by atoms with Crippen molar-refractivity contribution in [2.45, 2.75) is 57.0 Å². The summed E-state index contributed by atoms with van der Waals surface area (Å²) in [7, 11) is 0. The number of aliphatic hydroxyl groups is 1. The number of morpholine rings is 1. The molecule has 0 radical (unpaired) electrons. The molecule has 0 amide bonds. The average Bonchev–Trinajstić information content (AvgIpc) is 3.20. The largest absolute Gasteiger partial charge is 0.481 e. The molecule has 1 aliphatic heterocycles. The Kier molecular flexibility index (Phi) is 9.96. The van der Waals surface area contributed by atoms with Gasteiger partial charge in [0.2, 0.25) is 0 Å². The average molecular weight is 514 g/mol. The lowest BCUT2D eigenvalue weighted by molar-refractivity contribution is -0.137. The zero-order valence-electron chi connectivity index (χ0n) is 20.6. The first-order valence-electron chi connectivity index (χ1n) is 12.8. The van der Waals surface area contributed by atoms with Gasteiger partial charge in [-0.3, -0.25) is 9.69 Å². The maximum atomic E-state index is 11.0. The molecule has 2 N–H and O–H groups in total. The van der Waals surface area contributed by atoms with Gasteiger partial charge in [0.15, 0.2) is 0 Å². The second-order valence-electron chi connectivity index (χ2n) is 9.65. The molecule has 194 valence electrons. The van der Waals surface area contributed by atoms with Crippen LogP contribution >= 0.6 is 11.6 Å². The molecule has 1 saturated heterocycles. The van der Waals surface area contributed by atoms with Crippen molar-refractivity contribution < 1.29 is 24.5 Å². The van der Waals surface area contributed by atoms with E-state index in [1.165, 1.54) is 0 Å². The highest BCUT2D eigenvalue weighted by Crippen LogP contribution is 2.36. The quantitative estimate of drug-likeness (QED) is 0.318. The van der Waals surface area contributed by atoms with Crippen molar-refractivity contribution in [3.05, 3.63) is 71.3 Å². The van der Waals surface area contributed by atoms with Crippen LogP contribution in [-0.2, 0) is 20.9 Å². The standard InChI is InChI=1S/C29H36ClNO5/c30-24-13-11-23(12-14-24)22-9-7-21(8-10-22)20-36-27-19-26(32)29(31-15-17-35-18-16-31)25(27)5-3-1-2-4-6-28(33)34/h1,3,7-14,25-27,29,32H,2,4-6,15-20H2,(H,33,34)/t25-,26+,27-,29+/m0/s1. The van der Waals surface area contributed by atoms with E-state index in [1.807, 2.05) is 24.3 Å². The van der Waals surface area contributed by atoms with Gasteiger partial charge in [0.05, 0.1) is 32.0 Å². The van der Waals surface area contributed by atoms with Crippen molar-refractivity contribution in [3.63, 3.8) is 0 Å². The molecule has 6 nitrogen and oxygen atoms in total. The number of nitrogens with zero attached hydrogens (tertiary/aromatic N) is 1. The molecule has 4 rings (SSSR count). The Morgan fingerprint density at radius 2 is 1.72 bits per heavy atom. The fourth-order valence-corrected chi connectivity index (χ4v) is 5.44. The van der Waals surface area contributed by atoms with Crippen molar-refractivity contribution in [2.75, 3.05) is 26.3 Å². The van der Waals surface area contributed by atoms with Crippen molar-refractivity contribution in [1.29, 1.82) is 0 Å². The number of aliphatic hydroxyl groups excluding tert-OH is 1. The van der Waals surface area contributed by atoms with Crippen LogP contribution in [0.2, 0.25) is 5.02 Å². The van der Waals surface area contributed by atoms with E-state index in [0.717, 1.165) is 47.6 Å². The number of benzene rings is 2. The molecular weight excluding hydrogens is 478 g/mol. The monoisotopic (exact) mass is 513 g/mol. The van der Waals surface area contributed by atoms with E-state index < -0.39 is 12.1 Å². The molecule has 0 bridgehead atoms. The summed E-state index contributed by atoms with van der Waals surface area (Å²) >= 11 is 6.01. The van der Waals surface area contributed by atoms with Gasteiger partial charge in [-0.15, -0.1) is 0 Å². The third kappa shape index (κ3) is 7.40. The van der Waals surface area contributed by atoms with Crippen LogP contribution in [0.5, 0.6) is 0 Å². The van der Waals surface area contributed by atoms with Crippen molar-refractivity contribution in [2.24, 2.45) is 5.92 Å². The van der Waals surface area contributed by atoms with E-state index in [9.17, 15) is 9.90 Å². The Balaban J connectivity index is 1.38. The van der Waals surface area contributed by atoms with Crippen molar-refractivity contribution >= 4 is 17.6 Å². The van der Waals surface area contributed by atoms with Crippen molar-refractivity contribution in [1.82, 2.24) is 4.90 Å². The second kappa shape index (κ2) is 13.4. The Morgan fingerprint density at radius 3 is 2.39 bits per heavy atom. The van der Waals surface area contributed by atoms with Crippen LogP contribution in [0.3, 0.4) is 0 Å². The molecule has 36 heavy (non-hydrogen) atoms. The van der Waals surface area contributed by atoms with Crippen LogP contribution in [0.15, 0.2) is 60.7 Å². The fraction of sp³-hybridized carbons (Fsp3) is 0.483. The number of allylic oxidation sites excluding steroid dienone is 2. The van der Waals surface area contributed by atoms with Gasteiger partial charge in [-0.05, 0) is 48.1 Å². The molecule has 2 fully saturated rings. The highest BCUT2D eigenvalue weighted by atomic mass is 35.5. The maximum Gasteiger partial charge on any atom is 0.303 e. The predicted molar refractivity (Wildman–Crippen MR) is 141 cm³/mol. The second-order valence-corrected chi connectivity index (χ2v) is 10.1. The molecule has 1 heterocycles. The summed E-state index contributed by atoms with van der Waals surface area (Å²) in [6, 6.07) is 16.2. The molecule has 1 saturated carbocycles. The minimum Gasteiger partial charge on any atom is -0.481 e. The summed E-state index contributed by atoms with van der Waals surface area (Å²) in [4.78, 5) is 13.1. The molecular formula is C29H36ClNO5. The number of aliphatic carboxylic acids is 1. The smallest absolute Gasteiger partial charge is 0.303 e. The summed E-state index contributed by atoms with van der Waals surface area (Å²) in [5.41, 5.74) is 3.35. The number of halogens is 1. The van der Waals surface area contributed by atoms with Crippen LogP contribution in [0.4, 0.5) is 0 Å². The van der Waals surface area contributed by atoms with Gasteiger partial charge in [-0.2, -0.15) is 0 Å². The number of rotatable bonds is 11. The molecule has 0 spiro atoms. The third-order valence-corrected chi connectivity index (χ3v) is 7.44. The van der Waals surface area contributed by atoms with Crippen LogP contribution in [0.25, 0.3) is 11.1 Å². The van der Waals surface area contributed by atoms with Gasteiger partial charge >= 0.3 is 5.97 Å². The molecule has 0 unspecified atom stereocenters. The van der Waals surface area contributed by atoms with Gasteiger partial charge in [0.1, 0.15) is 0 Å². The predicted octanol–water partition coefficient (Wildman–Crippen LogP) is 5.18. The number of carbonyl (C=O) groups is 1. The summed E-state index contributed by atoms with van der Waals surface area (Å²) in [6.07, 6.45) is 6.69. The van der Waals surface area contributed by atoms with Gasteiger partial charge in [0.25, 0.3) is 0 Å². The number of ether oxygens (including phenoxy) is 2. The highest BCUT2D eigenvalue weighted by molar-refractivity contribution is 6.30. The number of unbranched alkanes of at least 4 members (excludes halogenated alkanes) is 1. The lowest BCUT2D eigenvalue weighted by Crippen LogP contribution is -2.50. The Morgan fingerprint density at radius 1 is 1.06 bits per heavy atom. The summed E-state index contributed by atoms with van der Waals surface area (Å²) in [5, 5.41) is 20.6. The molecule has 2 aromatic rings. The van der Waals surface area contributed by atoms with Crippen LogP contribution in [-0.4, -0.2) is 65.6 Å². The summed E-state index contributed by atoms with van der Waals surface area (Å²) in [6.45, 7) is 3.50. The number of hydrogen-bond acceptors (Lipinski definition) is 5. The van der Waals surface area contributed by atoms with E-state index in [2.05, 4.69) is 41.3 Å². The van der Waals surface area contributed by atoms with E-state index in [1.54, 1.807) is 0 Å². The molecule has 4 atom stereocenters. The van der Waals surface area contributed by atoms with E-state index >= 15 is 0 Å². The maximum absolute atomic E-state index is 11.0. The van der Waals surface area contributed by atoms with Gasteiger partial charge < -0.3 is 19.7 Å². The molecule has 0 aromatic heterocycles. The number of carboxylic acid groups (broad SMARTS) is 1. The molecule has 2 aromatic carbocycles. The van der Waals surface area contributed by atoms with E-state index in [4.69, 9.17) is 26.2 Å². The highest BCUT2D eigenvalue weighted by Gasteiger charge is 2.45. The van der Waals surface area contributed by atoms with E-state index in [-0.39, 0.29) is 24.5 Å². The van der Waals surface area contributed by atoms with Gasteiger partial charge in [-0.25, -0.2) is 0 Å².